The standard InChI is InChI=1S/C10H14N2O2/c1-2-12-4-3-8(5-12)10-11-9(6-13)7-14-10/h6-8H,2-5H2,1H3. The third-order valence-corrected chi connectivity index (χ3v) is 2.73. The minimum atomic E-state index is 0.364. The van der Waals surface area contributed by atoms with E-state index in [2.05, 4.69) is 16.8 Å². The van der Waals surface area contributed by atoms with Crippen molar-refractivity contribution in [3.05, 3.63) is 17.8 Å². The Bertz CT molecular complexity index is 322. The van der Waals surface area contributed by atoms with Gasteiger partial charge in [0.1, 0.15) is 12.0 Å². The highest BCUT2D eigenvalue weighted by molar-refractivity contribution is 5.70. The van der Waals surface area contributed by atoms with Gasteiger partial charge in [-0.3, -0.25) is 4.79 Å². The fourth-order valence-corrected chi connectivity index (χ4v) is 1.86. The third-order valence-electron chi connectivity index (χ3n) is 2.73. The molecule has 0 N–H and O–H groups in total. The molecule has 0 spiro atoms. The van der Waals surface area contributed by atoms with E-state index in [1.807, 2.05) is 0 Å². The molecule has 4 nitrogen and oxygen atoms in total. The van der Waals surface area contributed by atoms with Crippen molar-refractivity contribution in [2.45, 2.75) is 19.3 Å². The van der Waals surface area contributed by atoms with Gasteiger partial charge in [-0.2, -0.15) is 0 Å². The lowest BCUT2D eigenvalue weighted by Crippen LogP contribution is -2.19. The molecule has 0 saturated carbocycles. The van der Waals surface area contributed by atoms with Gasteiger partial charge in [-0.1, -0.05) is 6.92 Å². The number of hydrogen-bond donors (Lipinski definition) is 0. The highest BCUT2D eigenvalue weighted by Gasteiger charge is 2.26. The molecule has 76 valence electrons. The zero-order chi connectivity index (χ0) is 9.97. The van der Waals surface area contributed by atoms with E-state index in [0.29, 0.717) is 17.5 Å². The lowest BCUT2D eigenvalue weighted by molar-refractivity contribution is 0.111. The van der Waals surface area contributed by atoms with Crippen molar-refractivity contribution in [1.29, 1.82) is 0 Å². The zero-order valence-corrected chi connectivity index (χ0v) is 8.27. The van der Waals surface area contributed by atoms with Crippen LogP contribution in [0.15, 0.2) is 10.7 Å². The summed E-state index contributed by atoms with van der Waals surface area (Å²) in [7, 11) is 0. The Morgan fingerprint density at radius 1 is 1.79 bits per heavy atom. The Hall–Kier alpha value is -1.16. The maximum absolute atomic E-state index is 10.4. The second kappa shape index (κ2) is 3.92. The predicted octanol–water partition coefficient (Wildman–Crippen LogP) is 1.30. The van der Waals surface area contributed by atoms with Crippen LogP contribution in [0.3, 0.4) is 0 Å². The minimum Gasteiger partial charge on any atom is -0.448 e. The van der Waals surface area contributed by atoms with E-state index in [9.17, 15) is 4.79 Å². The molecule has 1 unspecified atom stereocenters. The van der Waals surface area contributed by atoms with Crippen LogP contribution in [0.25, 0.3) is 0 Å². The van der Waals surface area contributed by atoms with Gasteiger partial charge in [-0.05, 0) is 19.5 Å². The lowest BCUT2D eigenvalue weighted by Gasteiger charge is -2.10. The summed E-state index contributed by atoms with van der Waals surface area (Å²) < 4.78 is 5.26. The first kappa shape index (κ1) is 9.40. The monoisotopic (exact) mass is 194 g/mol. The van der Waals surface area contributed by atoms with Gasteiger partial charge in [0.2, 0.25) is 0 Å². The molecule has 1 fully saturated rings. The van der Waals surface area contributed by atoms with Gasteiger partial charge in [-0.25, -0.2) is 4.98 Å². The Morgan fingerprint density at radius 2 is 2.64 bits per heavy atom. The predicted molar refractivity (Wildman–Crippen MR) is 51.4 cm³/mol. The van der Waals surface area contributed by atoms with Crippen LogP contribution in [0, 0.1) is 0 Å². The van der Waals surface area contributed by atoms with Crippen molar-refractivity contribution in [3.8, 4) is 0 Å². The summed E-state index contributed by atoms with van der Waals surface area (Å²) in [5.41, 5.74) is 0.398. The van der Waals surface area contributed by atoms with E-state index in [4.69, 9.17) is 4.42 Å². The van der Waals surface area contributed by atoms with Gasteiger partial charge in [0.05, 0.1) is 0 Å². The van der Waals surface area contributed by atoms with Gasteiger partial charge in [0.25, 0.3) is 0 Å². The third kappa shape index (κ3) is 1.70. The summed E-state index contributed by atoms with van der Waals surface area (Å²) >= 11 is 0. The van der Waals surface area contributed by atoms with Crippen LogP contribution in [0.1, 0.15) is 35.6 Å². The van der Waals surface area contributed by atoms with Crippen LogP contribution < -0.4 is 0 Å². The smallest absolute Gasteiger partial charge is 0.199 e. The fourth-order valence-electron chi connectivity index (χ4n) is 1.86. The van der Waals surface area contributed by atoms with E-state index in [1.165, 1.54) is 6.26 Å². The molecule has 0 radical (unpaired) electrons. The Balaban J connectivity index is 2.05. The summed E-state index contributed by atoms with van der Waals surface area (Å²) in [5.74, 6) is 1.08. The number of carbonyl (C=O) groups excluding carboxylic acids is 1. The molecule has 2 rings (SSSR count). The van der Waals surface area contributed by atoms with Crippen molar-refractivity contribution in [1.82, 2.24) is 9.88 Å². The Morgan fingerprint density at radius 3 is 3.21 bits per heavy atom. The number of rotatable bonds is 3. The van der Waals surface area contributed by atoms with Gasteiger partial charge in [0, 0.05) is 12.5 Å². The molecule has 0 amide bonds. The summed E-state index contributed by atoms with van der Waals surface area (Å²) in [6, 6.07) is 0. The number of hydrogen-bond acceptors (Lipinski definition) is 4. The number of nitrogens with zero attached hydrogens (tertiary/aromatic N) is 2. The minimum absolute atomic E-state index is 0.364. The van der Waals surface area contributed by atoms with Crippen molar-refractivity contribution >= 4 is 6.29 Å². The van der Waals surface area contributed by atoms with Crippen molar-refractivity contribution in [3.63, 3.8) is 0 Å². The number of likely N-dealkylation sites (N-methyl/N-ethyl adjacent to an activating group) is 1. The molecule has 4 heteroatoms. The van der Waals surface area contributed by atoms with E-state index in [-0.39, 0.29) is 0 Å². The Labute approximate surface area is 82.9 Å². The summed E-state index contributed by atoms with van der Waals surface area (Å²) in [4.78, 5) is 16.9. The van der Waals surface area contributed by atoms with Crippen LogP contribution in [0.4, 0.5) is 0 Å². The first-order chi connectivity index (χ1) is 6.83. The number of carbonyl (C=O) groups is 1. The highest BCUT2D eigenvalue weighted by Crippen LogP contribution is 2.25. The van der Waals surface area contributed by atoms with Crippen LogP contribution in [-0.4, -0.2) is 35.8 Å². The highest BCUT2D eigenvalue weighted by atomic mass is 16.3. The molecule has 1 atom stereocenters. The normalized spacial score (nSPS) is 22.8. The molecule has 0 aromatic carbocycles. The molecule has 14 heavy (non-hydrogen) atoms. The van der Waals surface area contributed by atoms with Crippen LogP contribution in [-0.2, 0) is 0 Å². The molecular weight excluding hydrogens is 180 g/mol. The maximum atomic E-state index is 10.4. The van der Waals surface area contributed by atoms with E-state index >= 15 is 0 Å². The zero-order valence-electron chi connectivity index (χ0n) is 8.27. The molecule has 0 aliphatic carbocycles. The second-order valence-electron chi connectivity index (χ2n) is 3.61. The summed E-state index contributed by atoms with van der Waals surface area (Å²) in [6.45, 7) is 5.31. The first-order valence-electron chi connectivity index (χ1n) is 4.96. The molecular formula is C10H14N2O2. The average molecular weight is 194 g/mol. The van der Waals surface area contributed by atoms with E-state index in [0.717, 1.165) is 32.3 Å². The number of oxazole rings is 1. The van der Waals surface area contributed by atoms with Gasteiger partial charge >= 0.3 is 0 Å². The van der Waals surface area contributed by atoms with Crippen molar-refractivity contribution < 1.29 is 9.21 Å². The molecule has 1 aliphatic rings. The topological polar surface area (TPSA) is 46.3 Å². The van der Waals surface area contributed by atoms with Crippen molar-refractivity contribution in [2.24, 2.45) is 0 Å². The first-order valence-corrected chi connectivity index (χ1v) is 4.96. The average Bonchev–Trinajstić information content (AvgIpc) is 2.86. The van der Waals surface area contributed by atoms with Crippen LogP contribution in [0.5, 0.6) is 0 Å². The van der Waals surface area contributed by atoms with Crippen molar-refractivity contribution in [2.75, 3.05) is 19.6 Å². The van der Waals surface area contributed by atoms with E-state index in [1.54, 1.807) is 0 Å². The van der Waals surface area contributed by atoms with Crippen LogP contribution in [0.2, 0.25) is 0 Å². The van der Waals surface area contributed by atoms with Gasteiger partial charge in [-0.15, -0.1) is 0 Å². The SMILES string of the molecule is CCN1CCC(c2nc(C=O)co2)C1. The molecule has 0 bridgehead atoms. The number of aldehydes is 1. The molecule has 1 aromatic heterocycles. The Kier molecular flexibility index (Phi) is 2.63. The number of aromatic nitrogens is 1. The molecule has 2 heterocycles. The lowest BCUT2D eigenvalue weighted by atomic mass is 10.1. The second-order valence-corrected chi connectivity index (χ2v) is 3.61. The molecule has 1 aromatic rings. The van der Waals surface area contributed by atoms with Gasteiger partial charge < -0.3 is 9.32 Å². The van der Waals surface area contributed by atoms with E-state index < -0.39 is 0 Å². The summed E-state index contributed by atoms with van der Waals surface area (Å²) in [5, 5.41) is 0. The van der Waals surface area contributed by atoms with Crippen LogP contribution >= 0.6 is 0 Å². The van der Waals surface area contributed by atoms with Gasteiger partial charge in [0.15, 0.2) is 12.2 Å². The largest absolute Gasteiger partial charge is 0.448 e. The summed E-state index contributed by atoms with van der Waals surface area (Å²) in [6.07, 6.45) is 3.23. The fraction of sp³-hybridized carbons (Fsp3) is 0.600. The number of likely N-dealkylation sites (tertiary alicyclic amines) is 1. The quantitative estimate of drug-likeness (QED) is 0.680. The molecule has 1 aliphatic heterocycles. The maximum Gasteiger partial charge on any atom is 0.199 e. The molecule has 1 saturated heterocycles.